The molecule has 1 aromatic carbocycles. The molecule has 1 aliphatic heterocycles. The highest BCUT2D eigenvalue weighted by atomic mass is 16.4. The predicted molar refractivity (Wildman–Crippen MR) is 72.7 cm³/mol. The molecule has 2 rings (SSSR count). The Bertz CT molecular complexity index is 407. The van der Waals surface area contributed by atoms with E-state index in [0.29, 0.717) is 0 Å². The zero-order valence-corrected chi connectivity index (χ0v) is 11.0. The Kier molecular flexibility index (Phi) is 4.93. The van der Waals surface area contributed by atoms with Crippen molar-refractivity contribution in [3.05, 3.63) is 35.9 Å². The molecule has 0 aromatic heterocycles. The molecule has 2 atom stereocenters. The SMILES string of the molecule is O=C(O)C(O)C1CCCN(Cc2ccccc2)CC1. The smallest absolute Gasteiger partial charge is 0.332 e. The Hall–Kier alpha value is -1.39. The van der Waals surface area contributed by atoms with Crippen LogP contribution in [0.2, 0.25) is 0 Å². The zero-order valence-electron chi connectivity index (χ0n) is 11.0. The van der Waals surface area contributed by atoms with Gasteiger partial charge in [0.2, 0.25) is 0 Å². The van der Waals surface area contributed by atoms with Crippen LogP contribution in [0.4, 0.5) is 0 Å². The third-order valence-corrected chi connectivity index (χ3v) is 3.81. The number of rotatable bonds is 4. The van der Waals surface area contributed by atoms with E-state index in [0.717, 1.165) is 38.9 Å². The number of hydrogen-bond acceptors (Lipinski definition) is 3. The maximum Gasteiger partial charge on any atom is 0.332 e. The lowest BCUT2D eigenvalue weighted by atomic mass is 9.94. The minimum atomic E-state index is -1.21. The summed E-state index contributed by atoms with van der Waals surface area (Å²) in [5.41, 5.74) is 1.28. The van der Waals surface area contributed by atoms with Crippen LogP contribution in [0.3, 0.4) is 0 Å². The fourth-order valence-corrected chi connectivity index (χ4v) is 2.70. The summed E-state index contributed by atoms with van der Waals surface area (Å²) < 4.78 is 0. The van der Waals surface area contributed by atoms with Gasteiger partial charge < -0.3 is 10.2 Å². The Labute approximate surface area is 113 Å². The van der Waals surface area contributed by atoms with Crippen LogP contribution in [0.15, 0.2) is 30.3 Å². The summed E-state index contributed by atoms with van der Waals surface area (Å²) in [5, 5.41) is 18.5. The minimum Gasteiger partial charge on any atom is -0.479 e. The first-order valence-electron chi connectivity index (χ1n) is 6.84. The van der Waals surface area contributed by atoms with Crippen LogP contribution in [-0.2, 0) is 11.3 Å². The highest BCUT2D eigenvalue weighted by Crippen LogP contribution is 2.22. The molecule has 2 unspecified atom stereocenters. The Morgan fingerprint density at radius 3 is 2.68 bits per heavy atom. The second-order valence-electron chi connectivity index (χ2n) is 5.24. The van der Waals surface area contributed by atoms with Crippen molar-refractivity contribution in [3.8, 4) is 0 Å². The van der Waals surface area contributed by atoms with E-state index in [-0.39, 0.29) is 5.92 Å². The van der Waals surface area contributed by atoms with E-state index in [4.69, 9.17) is 5.11 Å². The number of aliphatic hydroxyl groups excluding tert-OH is 1. The van der Waals surface area contributed by atoms with Crippen molar-refractivity contribution in [2.24, 2.45) is 5.92 Å². The van der Waals surface area contributed by atoms with Gasteiger partial charge in [0.1, 0.15) is 0 Å². The highest BCUT2D eigenvalue weighted by molar-refractivity contribution is 5.72. The lowest BCUT2D eigenvalue weighted by molar-refractivity contribution is -0.149. The second kappa shape index (κ2) is 6.68. The molecule has 4 heteroatoms. The van der Waals surface area contributed by atoms with Crippen LogP contribution in [0.1, 0.15) is 24.8 Å². The third-order valence-electron chi connectivity index (χ3n) is 3.81. The molecular weight excluding hydrogens is 242 g/mol. The molecule has 0 saturated carbocycles. The molecule has 1 fully saturated rings. The number of carbonyl (C=O) groups is 1. The molecule has 19 heavy (non-hydrogen) atoms. The largest absolute Gasteiger partial charge is 0.479 e. The van der Waals surface area contributed by atoms with E-state index in [1.807, 2.05) is 18.2 Å². The molecule has 4 nitrogen and oxygen atoms in total. The lowest BCUT2D eigenvalue weighted by Gasteiger charge is -2.20. The summed E-state index contributed by atoms with van der Waals surface area (Å²) in [4.78, 5) is 13.2. The van der Waals surface area contributed by atoms with Crippen LogP contribution < -0.4 is 0 Å². The normalized spacial score (nSPS) is 22.7. The van der Waals surface area contributed by atoms with Crippen molar-refractivity contribution in [2.45, 2.75) is 31.9 Å². The number of aliphatic carboxylic acids is 1. The van der Waals surface area contributed by atoms with Gasteiger partial charge in [0.25, 0.3) is 0 Å². The molecule has 1 heterocycles. The Morgan fingerprint density at radius 2 is 2.00 bits per heavy atom. The summed E-state index contributed by atoms with van der Waals surface area (Å²) in [6.07, 6.45) is 1.28. The first-order valence-corrected chi connectivity index (χ1v) is 6.84. The van der Waals surface area contributed by atoms with E-state index in [1.165, 1.54) is 5.56 Å². The molecule has 1 saturated heterocycles. The molecular formula is C15H21NO3. The predicted octanol–water partition coefficient (Wildman–Crippen LogP) is 1.73. The summed E-state index contributed by atoms with van der Waals surface area (Å²) in [6, 6.07) is 10.3. The minimum absolute atomic E-state index is 0.113. The zero-order chi connectivity index (χ0) is 13.7. The molecule has 0 bridgehead atoms. The van der Waals surface area contributed by atoms with Gasteiger partial charge in [-0.1, -0.05) is 30.3 Å². The second-order valence-corrected chi connectivity index (χ2v) is 5.24. The van der Waals surface area contributed by atoms with Crippen molar-refractivity contribution in [1.29, 1.82) is 0 Å². The maximum atomic E-state index is 10.8. The number of carboxylic acid groups (broad SMARTS) is 1. The third kappa shape index (κ3) is 4.04. The molecule has 1 aromatic rings. The lowest BCUT2D eigenvalue weighted by Crippen LogP contribution is -2.30. The average molecular weight is 263 g/mol. The van der Waals surface area contributed by atoms with Gasteiger partial charge in [-0.15, -0.1) is 0 Å². The summed E-state index contributed by atoms with van der Waals surface area (Å²) in [7, 11) is 0. The van der Waals surface area contributed by atoms with E-state index >= 15 is 0 Å². The van der Waals surface area contributed by atoms with Crippen molar-refractivity contribution in [1.82, 2.24) is 4.90 Å². The summed E-state index contributed by atoms with van der Waals surface area (Å²) >= 11 is 0. The standard InChI is InChI=1S/C15H21NO3/c17-14(15(18)19)13-7-4-9-16(10-8-13)11-12-5-2-1-3-6-12/h1-3,5-6,13-14,17H,4,7-11H2,(H,18,19). The number of hydrogen-bond donors (Lipinski definition) is 2. The number of likely N-dealkylation sites (tertiary alicyclic amines) is 1. The quantitative estimate of drug-likeness (QED) is 0.868. The molecule has 1 aliphatic rings. The first kappa shape index (κ1) is 14.0. The number of nitrogens with zero attached hydrogens (tertiary/aromatic N) is 1. The van der Waals surface area contributed by atoms with Crippen LogP contribution in [0.5, 0.6) is 0 Å². The topological polar surface area (TPSA) is 60.8 Å². The molecule has 0 aliphatic carbocycles. The Morgan fingerprint density at radius 1 is 1.26 bits per heavy atom. The van der Waals surface area contributed by atoms with Crippen molar-refractivity contribution < 1.29 is 15.0 Å². The summed E-state index contributed by atoms with van der Waals surface area (Å²) in [5.74, 6) is -1.21. The number of aliphatic hydroxyl groups is 1. The highest BCUT2D eigenvalue weighted by Gasteiger charge is 2.27. The van der Waals surface area contributed by atoms with E-state index in [9.17, 15) is 9.90 Å². The maximum absolute atomic E-state index is 10.8. The van der Waals surface area contributed by atoms with Gasteiger partial charge in [-0.2, -0.15) is 0 Å². The fraction of sp³-hybridized carbons (Fsp3) is 0.533. The monoisotopic (exact) mass is 263 g/mol. The molecule has 0 spiro atoms. The molecule has 0 radical (unpaired) electrons. The number of carboxylic acids is 1. The number of benzene rings is 1. The van der Waals surface area contributed by atoms with Crippen LogP contribution in [-0.4, -0.2) is 40.3 Å². The molecule has 104 valence electrons. The van der Waals surface area contributed by atoms with Gasteiger partial charge in [0.15, 0.2) is 6.10 Å². The van der Waals surface area contributed by atoms with E-state index in [2.05, 4.69) is 17.0 Å². The van der Waals surface area contributed by atoms with Crippen molar-refractivity contribution in [2.75, 3.05) is 13.1 Å². The van der Waals surface area contributed by atoms with Crippen LogP contribution >= 0.6 is 0 Å². The van der Waals surface area contributed by atoms with E-state index < -0.39 is 12.1 Å². The summed E-state index contributed by atoms with van der Waals surface area (Å²) in [6.45, 7) is 2.72. The first-order chi connectivity index (χ1) is 9.16. The van der Waals surface area contributed by atoms with Gasteiger partial charge >= 0.3 is 5.97 Å². The van der Waals surface area contributed by atoms with Gasteiger partial charge in [-0.25, -0.2) is 4.79 Å². The van der Waals surface area contributed by atoms with Gasteiger partial charge in [-0.3, -0.25) is 4.90 Å². The van der Waals surface area contributed by atoms with Gasteiger partial charge in [0.05, 0.1) is 0 Å². The van der Waals surface area contributed by atoms with Crippen LogP contribution in [0, 0.1) is 5.92 Å². The van der Waals surface area contributed by atoms with E-state index in [1.54, 1.807) is 0 Å². The fourth-order valence-electron chi connectivity index (χ4n) is 2.70. The molecule has 2 N–H and O–H groups in total. The average Bonchev–Trinajstić information content (AvgIpc) is 2.64. The molecule has 0 amide bonds. The Balaban J connectivity index is 1.88. The van der Waals surface area contributed by atoms with Crippen LogP contribution in [0.25, 0.3) is 0 Å². The van der Waals surface area contributed by atoms with Crippen molar-refractivity contribution in [3.63, 3.8) is 0 Å². The van der Waals surface area contributed by atoms with Gasteiger partial charge in [-0.05, 0) is 43.8 Å². The van der Waals surface area contributed by atoms with Crippen molar-refractivity contribution >= 4 is 5.97 Å². The van der Waals surface area contributed by atoms with Gasteiger partial charge in [0, 0.05) is 6.54 Å².